The van der Waals surface area contributed by atoms with Crippen molar-refractivity contribution in [2.24, 2.45) is 0 Å². The highest BCUT2D eigenvalue weighted by atomic mass is 17.2. The van der Waals surface area contributed by atoms with Gasteiger partial charge < -0.3 is 9.62 Å². The second kappa shape index (κ2) is 13.4. The Labute approximate surface area is 142 Å². The number of hydrogen-bond donors (Lipinski definition) is 0. The van der Waals surface area contributed by atoms with E-state index in [2.05, 4.69) is 13.5 Å². The minimum absolute atomic E-state index is 0.105. The Kier molecular flexibility index (Phi) is 12.8. The van der Waals surface area contributed by atoms with Crippen LogP contribution in [0.25, 0.3) is 0 Å². The fraction of sp³-hybridized carbons (Fsp3) is 0.842. The molecule has 0 N–H and O–H groups in total. The lowest BCUT2D eigenvalue weighted by Gasteiger charge is -2.19. The molecule has 0 aromatic carbocycles. The van der Waals surface area contributed by atoms with E-state index in [-0.39, 0.29) is 5.76 Å². The average molecular weight is 328 g/mol. The zero-order valence-corrected chi connectivity index (χ0v) is 15.6. The number of ether oxygens (including phenoxy) is 1. The van der Waals surface area contributed by atoms with E-state index < -0.39 is 11.6 Å². The highest BCUT2D eigenvalue weighted by Crippen LogP contribution is 2.12. The lowest BCUT2D eigenvalue weighted by molar-refractivity contribution is -0.265. The molecular formula is C19H36O4. The Morgan fingerprint density at radius 1 is 0.870 bits per heavy atom. The zero-order valence-electron chi connectivity index (χ0n) is 15.6. The van der Waals surface area contributed by atoms with Crippen LogP contribution in [0.3, 0.4) is 0 Å². The predicted molar refractivity (Wildman–Crippen MR) is 93.9 cm³/mol. The molecule has 0 saturated heterocycles. The van der Waals surface area contributed by atoms with Crippen molar-refractivity contribution in [3.8, 4) is 0 Å². The second-order valence-corrected chi connectivity index (χ2v) is 7.01. The Balaban J connectivity index is 3.36. The molecule has 0 heterocycles. The first kappa shape index (κ1) is 22.0. The summed E-state index contributed by atoms with van der Waals surface area (Å²) in [6.07, 6.45) is 12.7. The van der Waals surface area contributed by atoms with E-state index in [0.29, 0.717) is 6.61 Å². The first-order valence-corrected chi connectivity index (χ1v) is 9.08. The van der Waals surface area contributed by atoms with Gasteiger partial charge in [0.2, 0.25) is 5.76 Å². The van der Waals surface area contributed by atoms with Crippen LogP contribution >= 0.6 is 0 Å². The molecular weight excluding hydrogens is 292 g/mol. The van der Waals surface area contributed by atoms with E-state index in [1.54, 1.807) is 20.8 Å². The molecule has 0 amide bonds. The van der Waals surface area contributed by atoms with Gasteiger partial charge in [0, 0.05) is 0 Å². The summed E-state index contributed by atoms with van der Waals surface area (Å²) in [6.45, 7) is 11.6. The Morgan fingerprint density at radius 3 is 1.83 bits per heavy atom. The van der Waals surface area contributed by atoms with Crippen molar-refractivity contribution >= 4 is 5.97 Å². The Morgan fingerprint density at radius 2 is 1.35 bits per heavy atom. The van der Waals surface area contributed by atoms with Gasteiger partial charge in [0.05, 0.1) is 6.61 Å². The van der Waals surface area contributed by atoms with Crippen LogP contribution in [0.4, 0.5) is 0 Å². The van der Waals surface area contributed by atoms with E-state index in [1.807, 2.05) is 0 Å². The summed E-state index contributed by atoms with van der Waals surface area (Å²) in [6, 6.07) is 0. The van der Waals surface area contributed by atoms with E-state index in [9.17, 15) is 4.79 Å². The van der Waals surface area contributed by atoms with Gasteiger partial charge in [0.15, 0.2) is 0 Å². The first-order valence-electron chi connectivity index (χ1n) is 9.08. The molecule has 0 fully saturated rings. The quantitative estimate of drug-likeness (QED) is 0.102. The zero-order chi connectivity index (χ0) is 17.6. The molecule has 0 bridgehead atoms. The van der Waals surface area contributed by atoms with Crippen molar-refractivity contribution < 1.29 is 19.3 Å². The van der Waals surface area contributed by atoms with Crippen molar-refractivity contribution in [1.29, 1.82) is 0 Å². The molecule has 0 aliphatic carbocycles. The van der Waals surface area contributed by atoms with Gasteiger partial charge in [-0.15, -0.1) is 0 Å². The van der Waals surface area contributed by atoms with Gasteiger partial charge >= 0.3 is 5.97 Å². The third-order valence-corrected chi connectivity index (χ3v) is 3.37. The monoisotopic (exact) mass is 328 g/mol. The van der Waals surface area contributed by atoms with Crippen molar-refractivity contribution in [1.82, 2.24) is 0 Å². The maximum absolute atomic E-state index is 11.6. The molecule has 0 atom stereocenters. The largest absolute Gasteiger partial charge is 0.454 e. The number of unbranched alkanes of at least 4 members (excludes halogenated alkanes) is 9. The molecule has 0 aromatic rings. The van der Waals surface area contributed by atoms with Crippen LogP contribution in [-0.4, -0.2) is 18.2 Å². The molecule has 0 radical (unpaired) electrons. The smallest absolute Gasteiger partial charge is 0.377 e. The first-order chi connectivity index (χ1) is 10.9. The second-order valence-electron chi connectivity index (χ2n) is 7.01. The van der Waals surface area contributed by atoms with Gasteiger partial charge in [0.25, 0.3) is 0 Å². The number of esters is 1. The van der Waals surface area contributed by atoms with Crippen LogP contribution in [0.5, 0.6) is 0 Å². The van der Waals surface area contributed by atoms with E-state index in [4.69, 9.17) is 14.5 Å². The highest BCUT2D eigenvalue weighted by molar-refractivity contribution is 5.85. The van der Waals surface area contributed by atoms with E-state index in [1.165, 1.54) is 51.4 Å². The van der Waals surface area contributed by atoms with Gasteiger partial charge in [-0.05, 0) is 33.8 Å². The fourth-order valence-electron chi connectivity index (χ4n) is 2.13. The maximum atomic E-state index is 11.6. The van der Waals surface area contributed by atoms with E-state index in [0.717, 1.165) is 12.8 Å². The summed E-state index contributed by atoms with van der Waals surface area (Å²) >= 11 is 0. The van der Waals surface area contributed by atoms with Crippen LogP contribution in [0.1, 0.15) is 91.9 Å². The van der Waals surface area contributed by atoms with E-state index >= 15 is 0 Å². The number of rotatable bonds is 14. The molecule has 0 rings (SSSR count). The van der Waals surface area contributed by atoms with Gasteiger partial charge in [-0.3, -0.25) is 0 Å². The van der Waals surface area contributed by atoms with Crippen molar-refractivity contribution in [2.45, 2.75) is 97.5 Å². The molecule has 0 aliphatic heterocycles. The molecule has 0 spiro atoms. The highest BCUT2D eigenvalue weighted by Gasteiger charge is 2.20. The molecule has 0 unspecified atom stereocenters. The van der Waals surface area contributed by atoms with Gasteiger partial charge in [0.1, 0.15) is 5.60 Å². The van der Waals surface area contributed by atoms with Crippen LogP contribution in [0, 0.1) is 0 Å². The maximum Gasteiger partial charge on any atom is 0.377 e. The fourth-order valence-corrected chi connectivity index (χ4v) is 2.13. The summed E-state index contributed by atoms with van der Waals surface area (Å²) < 4.78 is 5.11. The van der Waals surface area contributed by atoms with Gasteiger partial charge in [-0.2, -0.15) is 4.89 Å². The van der Waals surface area contributed by atoms with Crippen LogP contribution in [0.15, 0.2) is 12.3 Å². The minimum atomic E-state index is -0.583. The Hall–Kier alpha value is -1.03. The van der Waals surface area contributed by atoms with Crippen molar-refractivity contribution in [2.75, 3.05) is 6.61 Å². The normalized spacial score (nSPS) is 11.3. The topological polar surface area (TPSA) is 44.8 Å². The third kappa shape index (κ3) is 15.6. The molecule has 0 aliphatic rings. The van der Waals surface area contributed by atoms with Crippen molar-refractivity contribution in [3.05, 3.63) is 12.3 Å². The summed E-state index contributed by atoms with van der Waals surface area (Å²) in [4.78, 5) is 21.4. The molecule has 23 heavy (non-hydrogen) atoms. The van der Waals surface area contributed by atoms with Crippen LogP contribution in [-0.2, 0) is 19.3 Å². The molecule has 136 valence electrons. The molecule has 4 nitrogen and oxygen atoms in total. The molecule has 0 saturated carbocycles. The predicted octanol–water partition coefficient (Wildman–Crippen LogP) is 5.71. The minimum Gasteiger partial charge on any atom is -0.454 e. The standard InChI is InChI=1S/C19H36O4/c1-6-7-8-9-10-11-12-13-14-15-16-21-23-17(2)18(20)22-19(3,4)5/h2,6-16H2,1,3-5H3. The number of carbonyl (C=O) groups is 1. The van der Waals surface area contributed by atoms with Crippen LogP contribution in [0.2, 0.25) is 0 Å². The molecule has 4 heteroatoms. The van der Waals surface area contributed by atoms with Crippen LogP contribution < -0.4 is 0 Å². The summed E-state index contributed by atoms with van der Waals surface area (Å²) in [5, 5.41) is 0. The summed E-state index contributed by atoms with van der Waals surface area (Å²) in [5.41, 5.74) is -0.556. The SMILES string of the molecule is C=C(OOCCCCCCCCCCCC)C(=O)OC(C)(C)C. The number of carbonyl (C=O) groups excluding carboxylic acids is 1. The third-order valence-electron chi connectivity index (χ3n) is 3.37. The lowest BCUT2D eigenvalue weighted by atomic mass is 10.1. The van der Waals surface area contributed by atoms with Crippen molar-refractivity contribution in [3.63, 3.8) is 0 Å². The Bertz CT molecular complexity index is 318. The summed E-state index contributed by atoms with van der Waals surface area (Å²) in [7, 11) is 0. The molecule has 0 aromatic heterocycles. The average Bonchev–Trinajstić information content (AvgIpc) is 2.46. The lowest BCUT2D eigenvalue weighted by Crippen LogP contribution is -2.25. The summed E-state index contributed by atoms with van der Waals surface area (Å²) in [5.74, 6) is -0.687. The van der Waals surface area contributed by atoms with Gasteiger partial charge in [-0.25, -0.2) is 4.79 Å². The number of hydrogen-bond acceptors (Lipinski definition) is 4. The van der Waals surface area contributed by atoms with Gasteiger partial charge in [-0.1, -0.05) is 64.7 Å².